The summed E-state index contributed by atoms with van der Waals surface area (Å²) < 4.78 is 52.4. The van der Waals surface area contributed by atoms with Crippen molar-refractivity contribution in [2.75, 3.05) is 44.2 Å². The van der Waals surface area contributed by atoms with Gasteiger partial charge < -0.3 is 14.5 Å². The van der Waals surface area contributed by atoms with E-state index in [4.69, 9.17) is 26.3 Å². The highest BCUT2D eigenvalue weighted by molar-refractivity contribution is 6.31. The van der Waals surface area contributed by atoms with E-state index < -0.39 is 41.1 Å². The van der Waals surface area contributed by atoms with Gasteiger partial charge in [0.1, 0.15) is 18.6 Å². The molecule has 1 amide bonds. The van der Waals surface area contributed by atoms with Crippen LogP contribution in [-0.2, 0) is 23.1 Å². The lowest BCUT2D eigenvalue weighted by Gasteiger charge is -2.43. The van der Waals surface area contributed by atoms with Crippen molar-refractivity contribution in [2.45, 2.75) is 80.7 Å². The number of anilines is 1. The molecule has 2 unspecified atom stereocenters. The van der Waals surface area contributed by atoms with Crippen molar-refractivity contribution in [2.24, 2.45) is 0 Å². The maximum atomic E-state index is 17.1. The van der Waals surface area contributed by atoms with Crippen molar-refractivity contribution in [1.29, 1.82) is 5.26 Å². The van der Waals surface area contributed by atoms with E-state index in [1.54, 1.807) is 0 Å². The van der Waals surface area contributed by atoms with E-state index in [0.717, 1.165) is 24.1 Å². The molecule has 2 aromatic rings. The molecule has 3 aliphatic heterocycles. The van der Waals surface area contributed by atoms with Crippen molar-refractivity contribution in [3.05, 3.63) is 58.0 Å². The minimum Gasteiger partial charge on any atom is -0.461 e. The highest BCUT2D eigenvalue weighted by Gasteiger charge is 2.54. The van der Waals surface area contributed by atoms with Crippen LogP contribution in [0.4, 0.5) is 19.0 Å². The van der Waals surface area contributed by atoms with Gasteiger partial charge in [0.2, 0.25) is 0 Å². The molecule has 12 heteroatoms. The Balaban J connectivity index is 1.26. The minimum absolute atomic E-state index is 0.0134. The Hall–Kier alpha value is -3.36. The number of fused-ring (bicyclic) bond motifs is 4. The average molecular weight is 641 g/mol. The highest BCUT2D eigenvalue weighted by atomic mass is 35.5. The number of nitriles is 1. The third kappa shape index (κ3) is 4.78. The number of ether oxygens (including phenoxy) is 1. The van der Waals surface area contributed by atoms with Crippen LogP contribution in [0.5, 0.6) is 6.01 Å². The molecule has 0 radical (unpaired) electrons. The summed E-state index contributed by atoms with van der Waals surface area (Å²) in [6.45, 7) is 5.31. The van der Waals surface area contributed by atoms with Gasteiger partial charge >= 0.3 is 6.01 Å². The summed E-state index contributed by atoms with van der Waals surface area (Å²) in [5.74, 6) is -1.44. The lowest BCUT2D eigenvalue weighted by atomic mass is 9.68. The molecular formula is C33H36ClF3N6O2. The van der Waals surface area contributed by atoms with Crippen LogP contribution >= 0.6 is 11.6 Å². The summed E-state index contributed by atoms with van der Waals surface area (Å²) in [4.78, 5) is 27.4. The first kappa shape index (κ1) is 30.3. The van der Waals surface area contributed by atoms with Gasteiger partial charge in [-0.3, -0.25) is 9.69 Å². The standard InChI is InChI=1S/C33H36ClF3N6O2/c1-20(35)30(44)43-17-16-41(18-21(43)8-13-38)29-23-7-12-32(11-6-22-24(32)4-2-5-25(22)34)28(37)27(23)39-31(40-29)45-19-33-10-3-14-42(33)15-9-26(33)36/h2,4-5,21,26,28H,1,3,6-12,14-19H2/t21-,26?,28-,32+,33?/m0/s1. The van der Waals surface area contributed by atoms with Gasteiger partial charge in [0, 0.05) is 42.2 Å². The van der Waals surface area contributed by atoms with Crippen molar-refractivity contribution >= 4 is 23.3 Å². The number of hydrogen-bond donors (Lipinski definition) is 0. The molecule has 0 bridgehead atoms. The van der Waals surface area contributed by atoms with Gasteiger partial charge in [-0.2, -0.15) is 15.2 Å². The van der Waals surface area contributed by atoms with E-state index in [2.05, 4.69) is 17.5 Å². The van der Waals surface area contributed by atoms with Crippen molar-refractivity contribution in [3.63, 3.8) is 0 Å². The summed E-state index contributed by atoms with van der Waals surface area (Å²) in [6, 6.07) is 7.13. The number of nitrogens with zero attached hydrogens (tertiary/aromatic N) is 6. The van der Waals surface area contributed by atoms with Gasteiger partial charge in [-0.15, -0.1) is 0 Å². The molecule has 45 heavy (non-hydrogen) atoms. The van der Waals surface area contributed by atoms with Crippen LogP contribution in [0.25, 0.3) is 0 Å². The molecule has 5 atom stereocenters. The van der Waals surface area contributed by atoms with Gasteiger partial charge in [-0.25, -0.2) is 13.2 Å². The number of hydrogen-bond acceptors (Lipinski definition) is 7. The summed E-state index contributed by atoms with van der Waals surface area (Å²) in [7, 11) is 0. The Kier molecular flexibility index (Phi) is 7.72. The second kappa shape index (κ2) is 11.5. The maximum Gasteiger partial charge on any atom is 0.318 e. The number of halogens is 4. The van der Waals surface area contributed by atoms with E-state index in [0.29, 0.717) is 61.5 Å². The zero-order valence-electron chi connectivity index (χ0n) is 25.1. The van der Waals surface area contributed by atoms with E-state index >= 15 is 8.78 Å². The number of benzene rings is 1. The number of aromatic nitrogens is 2. The van der Waals surface area contributed by atoms with E-state index in [1.165, 1.54) is 4.90 Å². The van der Waals surface area contributed by atoms with Crippen LogP contribution in [0.1, 0.15) is 67.1 Å². The van der Waals surface area contributed by atoms with Gasteiger partial charge in [0.15, 0.2) is 12.0 Å². The van der Waals surface area contributed by atoms with Crippen LogP contribution in [0.3, 0.4) is 0 Å². The normalized spacial score (nSPS) is 30.6. The molecule has 5 aliphatic rings. The zero-order chi connectivity index (χ0) is 31.5. The second-order valence-electron chi connectivity index (χ2n) is 13.1. The molecule has 3 saturated heterocycles. The fraction of sp³-hybridized carbons (Fsp3) is 0.576. The molecule has 2 aliphatic carbocycles. The third-order valence-electron chi connectivity index (χ3n) is 11.0. The Morgan fingerprint density at radius 3 is 2.71 bits per heavy atom. The number of amides is 1. The minimum atomic E-state index is -1.46. The molecule has 1 aromatic heterocycles. The molecule has 4 heterocycles. The Labute approximate surface area is 265 Å². The smallest absolute Gasteiger partial charge is 0.318 e. The average Bonchev–Trinajstić information content (AvgIpc) is 3.71. The Bertz CT molecular complexity index is 1590. The molecule has 0 saturated carbocycles. The van der Waals surface area contributed by atoms with Crippen LogP contribution < -0.4 is 9.64 Å². The number of rotatable bonds is 6. The molecule has 7 rings (SSSR count). The number of piperazine rings is 1. The maximum absolute atomic E-state index is 17.1. The SMILES string of the molecule is C=C(F)C(=O)N1CCN(c2nc(OCC34CCCN3CCC4F)nc3c2CC[C@@]2(CCc4c(Cl)cccc42)[C@H]3F)C[C@@H]1CC#N. The van der Waals surface area contributed by atoms with E-state index in [9.17, 15) is 14.4 Å². The van der Waals surface area contributed by atoms with E-state index in [1.807, 2.05) is 23.1 Å². The number of alkyl halides is 2. The predicted molar refractivity (Wildman–Crippen MR) is 162 cm³/mol. The summed E-state index contributed by atoms with van der Waals surface area (Å²) in [5, 5.41) is 10.1. The van der Waals surface area contributed by atoms with Crippen molar-refractivity contribution < 1.29 is 22.7 Å². The molecule has 1 spiro atoms. The molecule has 1 aromatic carbocycles. The zero-order valence-corrected chi connectivity index (χ0v) is 25.8. The monoisotopic (exact) mass is 640 g/mol. The topological polar surface area (TPSA) is 85.6 Å². The first-order valence-corrected chi connectivity index (χ1v) is 16.2. The van der Waals surface area contributed by atoms with Crippen LogP contribution in [-0.4, -0.2) is 82.8 Å². The lowest BCUT2D eigenvalue weighted by Crippen LogP contribution is -2.55. The van der Waals surface area contributed by atoms with Gasteiger partial charge in [0.05, 0.1) is 29.8 Å². The summed E-state index contributed by atoms with van der Waals surface area (Å²) in [6.07, 6.45) is 1.81. The number of carbonyl (C=O) groups excluding carboxylic acids is 1. The lowest BCUT2D eigenvalue weighted by molar-refractivity contribution is -0.131. The van der Waals surface area contributed by atoms with Gasteiger partial charge in [-0.1, -0.05) is 30.3 Å². The number of carbonyl (C=O) groups is 1. The van der Waals surface area contributed by atoms with Crippen molar-refractivity contribution in [3.8, 4) is 12.1 Å². The first-order valence-electron chi connectivity index (χ1n) is 15.8. The quantitative estimate of drug-likeness (QED) is 0.394. The third-order valence-corrected chi connectivity index (χ3v) is 11.3. The summed E-state index contributed by atoms with van der Waals surface area (Å²) in [5.41, 5.74) is 1.27. The van der Waals surface area contributed by atoms with Crippen molar-refractivity contribution in [1.82, 2.24) is 19.8 Å². The van der Waals surface area contributed by atoms with Crippen LogP contribution in [0.2, 0.25) is 5.02 Å². The van der Waals surface area contributed by atoms with Gasteiger partial charge in [-0.05, 0) is 68.7 Å². The fourth-order valence-corrected chi connectivity index (χ4v) is 8.91. The molecule has 0 N–H and O–H groups in total. The molecule has 3 fully saturated rings. The second-order valence-corrected chi connectivity index (χ2v) is 13.5. The van der Waals surface area contributed by atoms with Crippen LogP contribution in [0.15, 0.2) is 30.6 Å². The first-order chi connectivity index (χ1) is 21.7. The highest BCUT2D eigenvalue weighted by Crippen LogP contribution is 2.57. The molecular weight excluding hydrogens is 605 g/mol. The molecule has 8 nitrogen and oxygen atoms in total. The van der Waals surface area contributed by atoms with Gasteiger partial charge in [0.25, 0.3) is 5.91 Å². The van der Waals surface area contributed by atoms with E-state index in [-0.39, 0.29) is 44.4 Å². The fourth-order valence-electron chi connectivity index (χ4n) is 8.64. The predicted octanol–water partition coefficient (Wildman–Crippen LogP) is 5.34. The Morgan fingerprint density at radius 2 is 1.93 bits per heavy atom. The largest absolute Gasteiger partial charge is 0.461 e. The molecule has 238 valence electrons. The summed E-state index contributed by atoms with van der Waals surface area (Å²) >= 11 is 6.53. The van der Waals surface area contributed by atoms with Crippen LogP contribution in [0, 0.1) is 11.3 Å². The Morgan fingerprint density at radius 1 is 1.13 bits per heavy atom.